The van der Waals surface area contributed by atoms with Gasteiger partial charge in [-0.05, 0) is 68.0 Å². The minimum Gasteiger partial charge on any atom is -0.379 e. The molecule has 2 aliphatic rings. The minimum absolute atomic E-state index is 0.157. The lowest BCUT2D eigenvalue weighted by molar-refractivity contribution is -0.384. The molecule has 2 N–H and O–H groups in total. The van der Waals surface area contributed by atoms with Crippen molar-refractivity contribution in [1.29, 1.82) is 0 Å². The topological polar surface area (TPSA) is 117 Å². The van der Waals surface area contributed by atoms with Crippen LogP contribution in [0.15, 0.2) is 72.8 Å². The lowest BCUT2D eigenvalue weighted by atomic mass is 9.89. The van der Waals surface area contributed by atoms with Gasteiger partial charge < -0.3 is 20.3 Å². The van der Waals surface area contributed by atoms with Crippen LogP contribution in [0.1, 0.15) is 45.5 Å². The molecule has 0 bridgehead atoms. The third-order valence-electron chi connectivity index (χ3n) is 8.18. The first kappa shape index (κ1) is 30.2. The number of nitro benzene ring substituents is 1. The van der Waals surface area contributed by atoms with E-state index >= 15 is 0 Å². The van der Waals surface area contributed by atoms with Crippen LogP contribution in [-0.2, 0) is 11.2 Å². The molecule has 2 saturated heterocycles. The molecule has 0 atom stereocenters. The maximum atomic E-state index is 13.5. The number of ether oxygens (including phenoxy) is 1. The van der Waals surface area contributed by atoms with Crippen LogP contribution in [0.2, 0.25) is 0 Å². The summed E-state index contributed by atoms with van der Waals surface area (Å²) in [6.07, 6.45) is 3.94. The van der Waals surface area contributed by atoms with Gasteiger partial charge in [-0.15, -0.1) is 0 Å². The van der Waals surface area contributed by atoms with Crippen LogP contribution in [0, 0.1) is 16.0 Å². The molecule has 2 heterocycles. The second-order valence-electron chi connectivity index (χ2n) is 11.2. The van der Waals surface area contributed by atoms with Gasteiger partial charge in [0, 0.05) is 61.8 Å². The monoisotopic (exact) mass is 585 g/mol. The molecule has 0 radical (unpaired) electrons. The summed E-state index contributed by atoms with van der Waals surface area (Å²) in [4.78, 5) is 41.7. The first-order chi connectivity index (χ1) is 21.0. The van der Waals surface area contributed by atoms with E-state index in [-0.39, 0.29) is 17.2 Å². The third-order valence-corrected chi connectivity index (χ3v) is 8.18. The zero-order valence-electron chi connectivity index (χ0n) is 24.4. The Hall–Kier alpha value is -4.28. The summed E-state index contributed by atoms with van der Waals surface area (Å²) in [7, 11) is 0. The number of anilines is 2. The Bertz CT molecular complexity index is 1400. The molecule has 0 aliphatic carbocycles. The maximum absolute atomic E-state index is 13.5. The third kappa shape index (κ3) is 8.39. The van der Waals surface area contributed by atoms with Crippen LogP contribution in [0.4, 0.5) is 17.1 Å². The summed E-state index contributed by atoms with van der Waals surface area (Å²) >= 11 is 0. The summed E-state index contributed by atoms with van der Waals surface area (Å²) in [5.41, 5.74) is 3.17. The Labute approximate surface area is 252 Å². The van der Waals surface area contributed by atoms with Gasteiger partial charge in [-0.2, -0.15) is 0 Å². The highest BCUT2D eigenvalue weighted by atomic mass is 16.6. The van der Waals surface area contributed by atoms with Gasteiger partial charge in [0.2, 0.25) is 0 Å². The summed E-state index contributed by atoms with van der Waals surface area (Å²) < 4.78 is 5.42. The van der Waals surface area contributed by atoms with Crippen LogP contribution in [0.25, 0.3) is 0 Å². The standard InChI is InChI=1S/C33H39N5O5/c39-32(27-8-4-9-29(23-27)38(41)42)35-28-10-11-31(37-16-12-26(13-17-37)22-25-6-2-1-3-7-25)30(24-28)33(40)34-14-5-15-36-18-20-43-21-19-36/h1-4,6-11,23-24,26H,5,12-22H2,(H,34,40)(H,35,39). The number of nitrogens with one attached hydrogen (secondary N) is 2. The number of rotatable bonds is 11. The first-order valence-corrected chi connectivity index (χ1v) is 15.0. The second kappa shape index (κ2) is 14.8. The lowest BCUT2D eigenvalue weighted by Gasteiger charge is -2.35. The van der Waals surface area contributed by atoms with E-state index in [1.807, 2.05) is 12.1 Å². The van der Waals surface area contributed by atoms with Gasteiger partial charge in [0.15, 0.2) is 0 Å². The number of carbonyl (C=O) groups is 2. The minimum atomic E-state index is -0.532. The largest absolute Gasteiger partial charge is 0.379 e. The van der Waals surface area contributed by atoms with Gasteiger partial charge in [0.25, 0.3) is 17.5 Å². The number of piperidine rings is 1. The van der Waals surface area contributed by atoms with Crippen LogP contribution in [-0.4, -0.2) is 74.1 Å². The van der Waals surface area contributed by atoms with Gasteiger partial charge >= 0.3 is 0 Å². The molecular weight excluding hydrogens is 546 g/mol. The van der Waals surface area contributed by atoms with E-state index in [2.05, 4.69) is 44.7 Å². The highest BCUT2D eigenvalue weighted by Crippen LogP contribution is 2.30. The van der Waals surface area contributed by atoms with Crippen molar-refractivity contribution in [1.82, 2.24) is 10.2 Å². The molecule has 3 aromatic rings. The molecule has 10 heteroatoms. The van der Waals surface area contributed by atoms with E-state index in [9.17, 15) is 19.7 Å². The molecule has 3 aromatic carbocycles. The number of hydrogen-bond donors (Lipinski definition) is 2. The predicted molar refractivity (Wildman–Crippen MR) is 167 cm³/mol. The van der Waals surface area contributed by atoms with Crippen LogP contribution in [0.5, 0.6) is 0 Å². The van der Waals surface area contributed by atoms with Gasteiger partial charge in [-0.3, -0.25) is 24.6 Å². The number of non-ortho nitro benzene ring substituents is 1. The van der Waals surface area contributed by atoms with Crippen molar-refractivity contribution in [3.8, 4) is 0 Å². The van der Waals surface area contributed by atoms with E-state index in [1.165, 1.54) is 29.8 Å². The van der Waals surface area contributed by atoms with Crippen molar-refractivity contribution in [3.05, 3.63) is 99.6 Å². The predicted octanol–water partition coefficient (Wildman–Crippen LogP) is 4.76. The highest BCUT2D eigenvalue weighted by Gasteiger charge is 2.24. The van der Waals surface area contributed by atoms with E-state index in [4.69, 9.17) is 4.74 Å². The molecule has 5 rings (SSSR count). The van der Waals surface area contributed by atoms with Crippen molar-refractivity contribution in [2.45, 2.75) is 25.7 Å². The van der Waals surface area contributed by atoms with Crippen molar-refractivity contribution >= 4 is 28.9 Å². The molecule has 0 aromatic heterocycles. The summed E-state index contributed by atoms with van der Waals surface area (Å²) in [6, 6.07) is 21.5. The number of nitro groups is 1. The molecular formula is C33H39N5O5. The number of benzene rings is 3. The van der Waals surface area contributed by atoms with Gasteiger partial charge in [-0.1, -0.05) is 36.4 Å². The Kier molecular flexibility index (Phi) is 10.4. The van der Waals surface area contributed by atoms with Gasteiger partial charge in [0.05, 0.1) is 23.7 Å². The zero-order valence-corrected chi connectivity index (χ0v) is 24.4. The van der Waals surface area contributed by atoms with Crippen molar-refractivity contribution in [3.63, 3.8) is 0 Å². The SMILES string of the molecule is O=C(Nc1ccc(N2CCC(Cc3ccccc3)CC2)c(C(=O)NCCCN2CCOCC2)c1)c1cccc([N+](=O)[O-])c1. The van der Waals surface area contributed by atoms with E-state index < -0.39 is 10.8 Å². The van der Waals surface area contributed by atoms with Crippen molar-refractivity contribution in [2.24, 2.45) is 5.92 Å². The Balaban J connectivity index is 1.27. The Morgan fingerprint density at radius 3 is 2.42 bits per heavy atom. The summed E-state index contributed by atoms with van der Waals surface area (Å²) in [6.45, 7) is 6.42. The zero-order chi connectivity index (χ0) is 30.0. The fourth-order valence-corrected chi connectivity index (χ4v) is 5.79. The van der Waals surface area contributed by atoms with Crippen LogP contribution >= 0.6 is 0 Å². The molecule has 0 unspecified atom stereocenters. The summed E-state index contributed by atoms with van der Waals surface area (Å²) in [5.74, 6) is -0.0746. The smallest absolute Gasteiger partial charge is 0.270 e. The van der Waals surface area contributed by atoms with E-state index in [1.54, 1.807) is 12.1 Å². The quantitative estimate of drug-likeness (QED) is 0.189. The first-order valence-electron chi connectivity index (χ1n) is 15.0. The second-order valence-corrected chi connectivity index (χ2v) is 11.2. The molecule has 2 fully saturated rings. The molecule has 2 aliphatic heterocycles. The van der Waals surface area contributed by atoms with Gasteiger partial charge in [0.1, 0.15) is 0 Å². The molecule has 2 amide bonds. The molecule has 43 heavy (non-hydrogen) atoms. The number of amides is 2. The maximum Gasteiger partial charge on any atom is 0.270 e. The number of nitrogens with zero attached hydrogens (tertiary/aromatic N) is 3. The number of carbonyl (C=O) groups excluding carboxylic acids is 2. The number of hydrogen-bond acceptors (Lipinski definition) is 7. The molecule has 226 valence electrons. The molecule has 0 saturated carbocycles. The van der Waals surface area contributed by atoms with Crippen molar-refractivity contribution in [2.75, 3.05) is 62.7 Å². The Morgan fingerprint density at radius 2 is 1.67 bits per heavy atom. The fraction of sp³-hybridized carbons (Fsp3) is 0.394. The fourth-order valence-electron chi connectivity index (χ4n) is 5.79. The summed E-state index contributed by atoms with van der Waals surface area (Å²) in [5, 5.41) is 17.1. The Morgan fingerprint density at radius 1 is 0.907 bits per heavy atom. The van der Waals surface area contributed by atoms with E-state index in [0.29, 0.717) is 23.7 Å². The van der Waals surface area contributed by atoms with Gasteiger partial charge in [-0.25, -0.2) is 0 Å². The highest BCUT2D eigenvalue weighted by molar-refractivity contribution is 6.06. The number of morpholine rings is 1. The van der Waals surface area contributed by atoms with Crippen molar-refractivity contribution < 1.29 is 19.2 Å². The molecule has 10 nitrogen and oxygen atoms in total. The van der Waals surface area contributed by atoms with Crippen LogP contribution < -0.4 is 15.5 Å². The van der Waals surface area contributed by atoms with E-state index in [0.717, 1.165) is 77.3 Å². The van der Waals surface area contributed by atoms with Crippen LogP contribution in [0.3, 0.4) is 0 Å². The molecule has 0 spiro atoms. The average molecular weight is 586 g/mol. The average Bonchev–Trinajstić information content (AvgIpc) is 3.04. The lowest BCUT2D eigenvalue weighted by Crippen LogP contribution is -2.38. The normalized spacial score (nSPS) is 16.0.